The fourth-order valence-electron chi connectivity index (χ4n) is 2.63. The van der Waals surface area contributed by atoms with E-state index in [1.807, 2.05) is 13.8 Å². The molecule has 1 atom stereocenters. The molecular formula is C14H17BrN6O2. The van der Waals surface area contributed by atoms with Crippen LogP contribution in [0.4, 0.5) is 11.6 Å². The van der Waals surface area contributed by atoms with Gasteiger partial charge in [-0.2, -0.15) is 10.1 Å². The number of nitrogens with one attached hydrogen (secondary N) is 2. The minimum Gasteiger partial charge on any atom is -0.480 e. The van der Waals surface area contributed by atoms with E-state index in [2.05, 4.69) is 41.6 Å². The summed E-state index contributed by atoms with van der Waals surface area (Å²) in [5.74, 6) is 0.820. The average molecular weight is 381 g/mol. The predicted molar refractivity (Wildman–Crippen MR) is 87.8 cm³/mol. The van der Waals surface area contributed by atoms with Gasteiger partial charge in [0.05, 0.1) is 35.4 Å². The Balaban J connectivity index is 1.90. The van der Waals surface area contributed by atoms with E-state index in [1.54, 1.807) is 24.2 Å². The molecule has 0 aliphatic carbocycles. The summed E-state index contributed by atoms with van der Waals surface area (Å²) >= 11 is 3.31. The Kier molecular flexibility index (Phi) is 3.97. The molecule has 1 aliphatic rings. The van der Waals surface area contributed by atoms with Gasteiger partial charge in [0.1, 0.15) is 5.54 Å². The molecule has 1 unspecified atom stereocenters. The van der Waals surface area contributed by atoms with Crippen LogP contribution in [-0.4, -0.2) is 39.3 Å². The van der Waals surface area contributed by atoms with Gasteiger partial charge in [0, 0.05) is 6.54 Å². The van der Waals surface area contributed by atoms with E-state index in [4.69, 9.17) is 4.74 Å². The Morgan fingerprint density at radius 3 is 2.91 bits per heavy atom. The van der Waals surface area contributed by atoms with Crippen LogP contribution in [-0.2, 0) is 10.3 Å². The molecule has 3 heterocycles. The van der Waals surface area contributed by atoms with Crippen molar-refractivity contribution in [3.63, 3.8) is 0 Å². The maximum absolute atomic E-state index is 12.1. The Morgan fingerprint density at radius 2 is 2.26 bits per heavy atom. The third kappa shape index (κ3) is 2.65. The van der Waals surface area contributed by atoms with Gasteiger partial charge in [-0.15, -0.1) is 0 Å². The zero-order valence-corrected chi connectivity index (χ0v) is 14.6. The number of aromatic nitrogens is 4. The Bertz CT molecular complexity index is 762. The first-order valence-electron chi connectivity index (χ1n) is 7.12. The molecule has 8 nitrogen and oxygen atoms in total. The molecule has 1 amide bonds. The first kappa shape index (κ1) is 15.7. The molecule has 2 aromatic heterocycles. The molecule has 2 N–H and O–H groups in total. The molecular weight excluding hydrogens is 364 g/mol. The molecule has 3 rings (SSSR count). The summed E-state index contributed by atoms with van der Waals surface area (Å²) in [7, 11) is 1.54. The van der Waals surface area contributed by atoms with Crippen LogP contribution in [0.15, 0.2) is 16.9 Å². The van der Waals surface area contributed by atoms with Gasteiger partial charge < -0.3 is 15.4 Å². The second-order valence-electron chi connectivity index (χ2n) is 5.51. The third-order valence-electron chi connectivity index (χ3n) is 4.02. The van der Waals surface area contributed by atoms with Crippen molar-refractivity contribution < 1.29 is 9.53 Å². The van der Waals surface area contributed by atoms with Crippen molar-refractivity contribution in [2.45, 2.75) is 25.8 Å². The van der Waals surface area contributed by atoms with Crippen LogP contribution < -0.4 is 15.4 Å². The highest BCUT2D eigenvalue weighted by Crippen LogP contribution is 2.30. The lowest BCUT2D eigenvalue weighted by molar-refractivity contribution is -0.126. The largest absolute Gasteiger partial charge is 0.480 e. The number of rotatable bonds is 4. The summed E-state index contributed by atoms with van der Waals surface area (Å²) in [5.41, 5.74) is 0.924. The number of methoxy groups -OCH3 is 1. The second kappa shape index (κ2) is 5.80. The molecule has 0 radical (unpaired) electrons. The maximum Gasteiger partial charge on any atom is 0.247 e. The van der Waals surface area contributed by atoms with Crippen LogP contribution in [0.25, 0.3) is 0 Å². The van der Waals surface area contributed by atoms with Crippen molar-refractivity contribution in [1.82, 2.24) is 25.1 Å². The summed E-state index contributed by atoms with van der Waals surface area (Å²) in [6.45, 7) is 4.45. The van der Waals surface area contributed by atoms with Crippen LogP contribution in [0.1, 0.15) is 19.0 Å². The molecule has 0 spiro atoms. The minimum atomic E-state index is -0.664. The number of carbonyl (C=O) groups is 1. The molecule has 122 valence electrons. The molecule has 23 heavy (non-hydrogen) atoms. The molecule has 0 aromatic carbocycles. The SMILES string of the molecule is COc1nc(Nc2cnn(C3(C)CCNC3=O)c2C)ncc1Br. The topological polar surface area (TPSA) is 94.0 Å². The van der Waals surface area contributed by atoms with Crippen LogP contribution in [0.2, 0.25) is 0 Å². The van der Waals surface area contributed by atoms with Crippen molar-refractivity contribution in [3.05, 3.63) is 22.6 Å². The van der Waals surface area contributed by atoms with Crippen LogP contribution in [0.5, 0.6) is 5.88 Å². The van der Waals surface area contributed by atoms with Gasteiger partial charge in [0.15, 0.2) is 0 Å². The van der Waals surface area contributed by atoms with Gasteiger partial charge >= 0.3 is 0 Å². The number of halogens is 1. The van der Waals surface area contributed by atoms with Crippen molar-refractivity contribution in [2.24, 2.45) is 0 Å². The highest BCUT2D eigenvalue weighted by molar-refractivity contribution is 9.10. The number of carbonyl (C=O) groups excluding carboxylic acids is 1. The Morgan fingerprint density at radius 1 is 1.48 bits per heavy atom. The summed E-state index contributed by atoms with van der Waals surface area (Å²) in [5, 5.41) is 10.3. The predicted octanol–water partition coefficient (Wildman–Crippen LogP) is 1.73. The summed E-state index contributed by atoms with van der Waals surface area (Å²) in [6.07, 6.45) is 3.99. The van der Waals surface area contributed by atoms with Crippen molar-refractivity contribution in [1.29, 1.82) is 0 Å². The molecule has 1 saturated heterocycles. The average Bonchev–Trinajstić information content (AvgIpc) is 3.06. The van der Waals surface area contributed by atoms with Crippen LogP contribution in [0.3, 0.4) is 0 Å². The first-order valence-corrected chi connectivity index (χ1v) is 7.92. The third-order valence-corrected chi connectivity index (χ3v) is 4.56. The smallest absolute Gasteiger partial charge is 0.247 e. The number of hydrogen-bond acceptors (Lipinski definition) is 6. The number of hydrogen-bond donors (Lipinski definition) is 2. The van der Waals surface area contributed by atoms with Gasteiger partial charge in [-0.25, -0.2) is 4.98 Å². The van der Waals surface area contributed by atoms with Gasteiger partial charge in [-0.3, -0.25) is 9.48 Å². The lowest BCUT2D eigenvalue weighted by Crippen LogP contribution is -2.39. The summed E-state index contributed by atoms with van der Waals surface area (Å²) in [6, 6.07) is 0. The van der Waals surface area contributed by atoms with Crippen LogP contribution in [0, 0.1) is 6.92 Å². The maximum atomic E-state index is 12.1. The van der Waals surface area contributed by atoms with E-state index in [-0.39, 0.29) is 5.91 Å². The van der Waals surface area contributed by atoms with Gasteiger partial charge in [-0.05, 0) is 36.2 Å². The van der Waals surface area contributed by atoms with E-state index >= 15 is 0 Å². The van der Waals surface area contributed by atoms with Crippen molar-refractivity contribution in [3.8, 4) is 5.88 Å². The van der Waals surface area contributed by atoms with E-state index in [9.17, 15) is 4.79 Å². The minimum absolute atomic E-state index is 0.0168. The quantitative estimate of drug-likeness (QED) is 0.838. The van der Waals surface area contributed by atoms with Crippen molar-refractivity contribution >= 4 is 33.5 Å². The standard InChI is InChI=1S/C14H17BrN6O2/c1-8-10(19-13-17-6-9(15)11(20-13)23-3)7-18-21(8)14(2)4-5-16-12(14)22/h6-7H,4-5H2,1-3H3,(H,16,22)(H,17,19,20). The molecule has 1 fully saturated rings. The number of ether oxygens (including phenoxy) is 1. The Labute approximate surface area is 141 Å². The second-order valence-corrected chi connectivity index (χ2v) is 6.37. The molecule has 0 bridgehead atoms. The van der Waals surface area contributed by atoms with E-state index < -0.39 is 5.54 Å². The van der Waals surface area contributed by atoms with Crippen LogP contribution >= 0.6 is 15.9 Å². The molecule has 9 heteroatoms. The van der Waals surface area contributed by atoms with E-state index in [0.717, 1.165) is 11.4 Å². The fraction of sp³-hybridized carbons (Fsp3) is 0.429. The molecule has 2 aromatic rings. The van der Waals surface area contributed by atoms with Gasteiger partial charge in [0.2, 0.25) is 17.7 Å². The first-order chi connectivity index (χ1) is 11.0. The zero-order chi connectivity index (χ0) is 16.6. The number of nitrogens with zero attached hydrogens (tertiary/aromatic N) is 4. The monoisotopic (exact) mass is 380 g/mol. The van der Waals surface area contributed by atoms with Gasteiger partial charge in [0.25, 0.3) is 0 Å². The lowest BCUT2D eigenvalue weighted by Gasteiger charge is -2.23. The molecule has 1 aliphatic heterocycles. The highest BCUT2D eigenvalue weighted by Gasteiger charge is 2.41. The van der Waals surface area contributed by atoms with E-state index in [0.29, 0.717) is 29.3 Å². The highest BCUT2D eigenvalue weighted by atomic mass is 79.9. The number of anilines is 2. The number of amides is 1. The van der Waals surface area contributed by atoms with Crippen molar-refractivity contribution in [2.75, 3.05) is 19.0 Å². The molecule has 0 saturated carbocycles. The lowest BCUT2D eigenvalue weighted by atomic mass is 10.0. The summed E-state index contributed by atoms with van der Waals surface area (Å²) in [4.78, 5) is 20.6. The fourth-order valence-corrected chi connectivity index (χ4v) is 2.98. The summed E-state index contributed by atoms with van der Waals surface area (Å²) < 4.78 is 7.58. The normalized spacial score (nSPS) is 20.4. The zero-order valence-electron chi connectivity index (χ0n) is 13.1. The van der Waals surface area contributed by atoms with E-state index in [1.165, 1.54) is 0 Å². The van der Waals surface area contributed by atoms with Gasteiger partial charge in [-0.1, -0.05) is 0 Å². The Hall–Kier alpha value is -2.16.